The molecule has 5 aliphatic carbocycles. The maximum absolute atomic E-state index is 10.1. The Hall–Kier alpha value is -0.240. The molecular weight excluding hydrogens is 1130 g/mol. The van der Waals surface area contributed by atoms with E-state index in [-0.39, 0.29) is 25.4 Å². The summed E-state index contributed by atoms with van der Waals surface area (Å²) in [4.78, 5) is 0. The Morgan fingerprint density at radius 2 is 0.598 bits per heavy atom. The van der Waals surface area contributed by atoms with Crippen molar-refractivity contribution in [1.29, 1.82) is 0 Å². The van der Waals surface area contributed by atoms with Crippen LogP contribution in [-0.2, 0) is 18.9 Å². The van der Waals surface area contributed by atoms with Crippen LogP contribution in [0.2, 0.25) is 0 Å². The summed E-state index contributed by atoms with van der Waals surface area (Å²) in [7, 11) is 0. The first kappa shape index (κ1) is 80.7. The van der Waals surface area contributed by atoms with Gasteiger partial charge in [-0.05, 0) is 214 Å². The largest absolute Gasteiger partial charge is 0.394 e. The van der Waals surface area contributed by atoms with Crippen LogP contribution in [0.4, 0.5) is 0 Å². The van der Waals surface area contributed by atoms with Gasteiger partial charge in [0, 0.05) is 26.4 Å². The standard InChI is InChI=1S/C86H162O6/c1-65-20-12-27-72(8)79-41-37-75(56-79)30-15-23-68(4)46-53-90-64-85(62-88)92-55-49-71(7)26-18-33-78-40-44-82(59-78)83-34-19-50-86(11,60-83)51-45-67(3)22-14-29-74(10)81-43-38-76(57-81)31-16-24-69(5)47-52-89-63-84(61-87)91-54-48-70(6)25-17-32-77-39-42-80(58-77)73(9)28-13-21-66(2)36-35-65/h65-85,87-88H,12-64H2,1-11H3/t65-,66+,67-,68+,69+,70+,71+,72+,73+,74+,75-,76-,77-,78-,79-,80-,81-,82-,83-,84+,85+,86+/m0/s1. The van der Waals surface area contributed by atoms with Gasteiger partial charge in [0.05, 0.1) is 26.4 Å². The number of hydrogen-bond acceptors (Lipinski definition) is 6. The highest BCUT2D eigenvalue weighted by Crippen LogP contribution is 2.51. The molecule has 1 heterocycles. The number of hydrogen-bond donors (Lipinski definition) is 2. The van der Waals surface area contributed by atoms with E-state index < -0.39 is 0 Å². The lowest BCUT2D eigenvalue weighted by Crippen LogP contribution is -2.29. The zero-order chi connectivity index (χ0) is 65.9. The first-order valence-corrected chi connectivity index (χ1v) is 42.1. The average molecular weight is 1290 g/mol. The first-order chi connectivity index (χ1) is 44.5. The fourth-order valence-electron chi connectivity index (χ4n) is 20.2. The van der Waals surface area contributed by atoms with Crippen molar-refractivity contribution in [1.82, 2.24) is 0 Å². The van der Waals surface area contributed by atoms with Crippen LogP contribution in [-0.4, -0.2) is 75.3 Å². The fourth-order valence-corrected chi connectivity index (χ4v) is 20.2. The van der Waals surface area contributed by atoms with Crippen LogP contribution in [0, 0.1) is 118 Å². The van der Waals surface area contributed by atoms with Gasteiger partial charge in [0.2, 0.25) is 0 Å². The second-order valence-electron chi connectivity index (χ2n) is 36.4. The summed E-state index contributed by atoms with van der Waals surface area (Å²) < 4.78 is 24.7. The van der Waals surface area contributed by atoms with Gasteiger partial charge in [-0.15, -0.1) is 0 Å². The van der Waals surface area contributed by atoms with Crippen LogP contribution < -0.4 is 0 Å². The van der Waals surface area contributed by atoms with Crippen LogP contribution >= 0.6 is 0 Å². The second kappa shape index (κ2) is 46.2. The smallest absolute Gasteiger partial charge is 0.104 e. The molecule has 6 rings (SSSR count). The second-order valence-corrected chi connectivity index (χ2v) is 36.4. The SMILES string of the molecule is C[C@@H]1CCC[C@H]2CC[C@@H](C2)[C@H](C)CCC[C@H](C)CC[C@H](C)CCC[C@@H](C)[C@H]2CC[C@H](CCC[C@@H](C)CCO[C@H](CO)COCC[C@H](C)CCC[C@H]3CC[C@@H](C3)[C@H](C)CCC[C@H](C)CC[C@@]3(C)CCC[C@@H](C3)[C@H]3CC[C@H](CCC[C@@H](C)CCO[C@H](CO)COCC1)C3)C2. The van der Waals surface area contributed by atoms with Gasteiger partial charge in [0.15, 0.2) is 0 Å². The van der Waals surface area contributed by atoms with Gasteiger partial charge in [0.25, 0.3) is 0 Å². The molecule has 6 fully saturated rings. The number of aliphatic hydroxyl groups excluding tert-OH is 2. The summed E-state index contributed by atoms with van der Waals surface area (Å²) >= 11 is 0. The molecule has 2 N–H and O–H groups in total. The van der Waals surface area contributed by atoms with Crippen LogP contribution in [0.3, 0.4) is 0 Å². The van der Waals surface area contributed by atoms with Gasteiger partial charge in [-0.25, -0.2) is 0 Å². The average Bonchev–Trinajstić information content (AvgIpc) is 2.07. The lowest BCUT2D eigenvalue weighted by molar-refractivity contribution is -0.0471. The summed E-state index contributed by atoms with van der Waals surface area (Å²) in [5.74, 6) is 16.6. The third-order valence-electron chi connectivity index (χ3n) is 27.7. The van der Waals surface area contributed by atoms with Gasteiger partial charge < -0.3 is 29.2 Å². The summed E-state index contributed by atoms with van der Waals surface area (Å²) in [6, 6.07) is 0. The van der Waals surface area contributed by atoms with Crippen LogP contribution in [0.15, 0.2) is 0 Å². The van der Waals surface area contributed by atoms with E-state index in [1.807, 2.05) is 0 Å². The quantitative estimate of drug-likeness (QED) is 0.287. The minimum absolute atomic E-state index is 0.0520. The number of aliphatic hydroxyl groups is 2. The van der Waals surface area contributed by atoms with Crippen molar-refractivity contribution in [3.8, 4) is 0 Å². The number of fused-ring (bicyclic) bond motifs is 11. The van der Waals surface area contributed by atoms with E-state index in [9.17, 15) is 10.2 Å². The van der Waals surface area contributed by atoms with Gasteiger partial charge in [0.1, 0.15) is 12.2 Å². The number of rotatable bonds is 2. The van der Waals surface area contributed by atoms with E-state index in [1.165, 1.54) is 263 Å². The van der Waals surface area contributed by atoms with Crippen LogP contribution in [0.1, 0.15) is 365 Å². The Bertz CT molecular complexity index is 1790. The predicted molar refractivity (Wildman–Crippen MR) is 394 cm³/mol. The molecule has 6 aliphatic rings. The molecular formula is C86H162O6. The van der Waals surface area contributed by atoms with Crippen LogP contribution in [0.5, 0.6) is 0 Å². The van der Waals surface area contributed by atoms with Crippen molar-refractivity contribution in [3.05, 3.63) is 0 Å². The third-order valence-corrected chi connectivity index (χ3v) is 27.7. The van der Waals surface area contributed by atoms with E-state index in [1.54, 1.807) is 0 Å². The molecule has 0 amide bonds. The molecule has 6 heteroatoms. The van der Waals surface area contributed by atoms with Gasteiger partial charge >= 0.3 is 0 Å². The zero-order valence-electron chi connectivity index (χ0n) is 63.6. The molecule has 0 aromatic carbocycles. The monoisotopic (exact) mass is 1290 g/mol. The molecule has 0 unspecified atom stereocenters. The Kier molecular flexibility index (Phi) is 40.6. The minimum Gasteiger partial charge on any atom is -0.394 e. The molecule has 22 atom stereocenters. The maximum atomic E-state index is 10.1. The molecule has 0 radical (unpaired) electrons. The molecule has 0 aromatic heterocycles. The van der Waals surface area contributed by atoms with E-state index in [0.717, 1.165) is 141 Å². The van der Waals surface area contributed by atoms with E-state index in [4.69, 9.17) is 18.9 Å². The van der Waals surface area contributed by atoms with Gasteiger partial charge in [-0.3, -0.25) is 0 Å². The molecule has 1 saturated heterocycles. The number of ether oxygens (including phenoxy) is 4. The third kappa shape index (κ3) is 32.8. The van der Waals surface area contributed by atoms with E-state index >= 15 is 0 Å². The topological polar surface area (TPSA) is 77.4 Å². The van der Waals surface area contributed by atoms with Gasteiger partial charge in [-0.1, -0.05) is 269 Å². The fraction of sp³-hybridized carbons (Fsp3) is 1.00. The van der Waals surface area contributed by atoms with Gasteiger partial charge in [-0.2, -0.15) is 0 Å². The van der Waals surface area contributed by atoms with E-state index in [0.29, 0.717) is 42.3 Å². The molecule has 5 saturated carbocycles. The summed E-state index contributed by atoms with van der Waals surface area (Å²) in [6.45, 7) is 32.0. The summed E-state index contributed by atoms with van der Waals surface area (Å²) in [5.41, 5.74) is 0.567. The summed E-state index contributed by atoms with van der Waals surface area (Å²) in [5, 5.41) is 20.2. The lowest BCUT2D eigenvalue weighted by atomic mass is 9.64. The van der Waals surface area contributed by atoms with Crippen molar-refractivity contribution in [3.63, 3.8) is 0 Å². The Labute approximate surface area is 574 Å². The Morgan fingerprint density at radius 3 is 0.967 bits per heavy atom. The van der Waals surface area contributed by atoms with Crippen molar-refractivity contribution in [2.75, 3.05) is 52.9 Å². The van der Waals surface area contributed by atoms with E-state index in [2.05, 4.69) is 76.2 Å². The predicted octanol–water partition coefficient (Wildman–Crippen LogP) is 24.3. The molecule has 6 nitrogen and oxygen atoms in total. The maximum Gasteiger partial charge on any atom is 0.104 e. The Morgan fingerprint density at radius 1 is 0.283 bits per heavy atom. The van der Waals surface area contributed by atoms with Crippen molar-refractivity contribution in [2.24, 2.45) is 118 Å². The molecule has 542 valence electrons. The molecule has 10 bridgehead atoms. The zero-order valence-corrected chi connectivity index (χ0v) is 63.6. The van der Waals surface area contributed by atoms with Crippen molar-refractivity contribution < 1.29 is 29.2 Å². The van der Waals surface area contributed by atoms with Crippen LogP contribution in [0.25, 0.3) is 0 Å². The molecule has 1 aliphatic heterocycles. The summed E-state index contributed by atoms with van der Waals surface area (Å²) in [6.07, 6.45) is 62.7. The minimum atomic E-state index is -0.195. The van der Waals surface area contributed by atoms with Crippen molar-refractivity contribution >= 4 is 0 Å². The first-order valence-electron chi connectivity index (χ1n) is 42.1. The highest BCUT2D eigenvalue weighted by molar-refractivity contribution is 4.90. The molecule has 92 heavy (non-hydrogen) atoms. The highest BCUT2D eigenvalue weighted by Gasteiger charge is 2.39. The highest BCUT2D eigenvalue weighted by atomic mass is 16.5. The molecule has 0 aromatic rings. The normalized spacial score (nSPS) is 41.8. The molecule has 0 spiro atoms. The lowest BCUT2D eigenvalue weighted by Gasteiger charge is -2.41. The van der Waals surface area contributed by atoms with Crippen molar-refractivity contribution in [2.45, 2.75) is 377 Å². The Balaban J connectivity index is 0.865.